The summed E-state index contributed by atoms with van der Waals surface area (Å²) in [5.74, 6) is -6.49. The van der Waals surface area contributed by atoms with E-state index >= 15 is 0 Å². The Morgan fingerprint density at radius 2 is 1.91 bits per heavy atom. The zero-order chi connectivity index (χ0) is 32.1. The summed E-state index contributed by atoms with van der Waals surface area (Å²) >= 11 is 0. The van der Waals surface area contributed by atoms with E-state index in [1.54, 1.807) is 26.2 Å². The number of nitriles is 1. The summed E-state index contributed by atoms with van der Waals surface area (Å²) < 4.78 is 5.65. The number of Topliss-reactive ketones (excluding diaryl/α,β-unsaturated/α-hetero) is 2. The predicted molar refractivity (Wildman–Crippen MR) is 158 cm³/mol. The molecular weight excluding hydrogens is 568 g/mol. The third-order valence-corrected chi connectivity index (χ3v) is 8.90. The maximum Gasteiger partial charge on any atom is 0.255 e. The minimum Gasteiger partial charge on any atom is -0.508 e. The molecule has 0 saturated heterocycles. The van der Waals surface area contributed by atoms with Crippen molar-refractivity contribution in [3.8, 4) is 28.7 Å². The Kier molecular flexibility index (Phi) is 7.98. The number of ketones is 2. The second-order valence-electron chi connectivity index (χ2n) is 11.6. The van der Waals surface area contributed by atoms with Crippen LogP contribution in [-0.2, 0) is 27.3 Å². The number of ether oxygens (including phenoxy) is 1. The van der Waals surface area contributed by atoms with Gasteiger partial charge in [-0.1, -0.05) is 12.1 Å². The van der Waals surface area contributed by atoms with Crippen LogP contribution in [0.5, 0.6) is 11.5 Å². The summed E-state index contributed by atoms with van der Waals surface area (Å²) in [6.45, 7) is 0.995. The van der Waals surface area contributed by atoms with Gasteiger partial charge in [-0.05, 0) is 67.7 Å². The topological polar surface area (TPSA) is 206 Å². The molecule has 0 aliphatic heterocycles. The van der Waals surface area contributed by atoms with Crippen molar-refractivity contribution in [2.45, 2.75) is 37.5 Å². The number of amides is 1. The average Bonchev–Trinajstić information content (AvgIpc) is 2.97. The van der Waals surface area contributed by atoms with Gasteiger partial charge in [-0.3, -0.25) is 19.3 Å². The molecule has 1 saturated carbocycles. The van der Waals surface area contributed by atoms with Crippen molar-refractivity contribution < 1.29 is 39.5 Å². The standard InChI is InChI=1S/C32H34N4O8/c1-36(2)26-20-13-16-12-19-17(18-11-15(5-8-22(18)44-3)14-35-10-4-9-33)6-7-21(37)24(19)27(38)23(16)29(40)32(20,43)30(41)25(28(26)39)31(34)42/h5-8,11,16,20,26,35,37-38,41,43H,4,10,12-14H2,1-3H3,(H2,34,42)/t16-,20-,26-,32-/m0/s1. The first-order chi connectivity index (χ1) is 20.9. The van der Waals surface area contributed by atoms with Gasteiger partial charge < -0.3 is 36.2 Å². The Hall–Kier alpha value is -4.70. The summed E-state index contributed by atoms with van der Waals surface area (Å²) in [4.78, 5) is 41.0. The number of nitrogens with one attached hydrogen (secondary N) is 1. The van der Waals surface area contributed by atoms with Crippen LogP contribution in [0.25, 0.3) is 16.9 Å². The largest absolute Gasteiger partial charge is 0.508 e. The smallest absolute Gasteiger partial charge is 0.255 e. The lowest BCUT2D eigenvalue weighted by molar-refractivity contribution is -0.153. The molecule has 3 aliphatic carbocycles. The number of carbonyl (C=O) groups is 3. The molecule has 2 aromatic carbocycles. The highest BCUT2D eigenvalue weighted by Gasteiger charge is 2.64. The van der Waals surface area contributed by atoms with Crippen molar-refractivity contribution in [2.24, 2.45) is 17.6 Å². The monoisotopic (exact) mass is 602 g/mol. The molecule has 0 bridgehead atoms. The molecule has 4 atom stereocenters. The summed E-state index contributed by atoms with van der Waals surface area (Å²) in [6.07, 6.45) is 0.489. The highest BCUT2D eigenvalue weighted by atomic mass is 16.5. The van der Waals surface area contributed by atoms with Gasteiger partial charge in [0.25, 0.3) is 5.91 Å². The molecule has 1 amide bonds. The Bertz CT molecular complexity index is 1690. The molecule has 1 fully saturated rings. The number of hydrogen-bond acceptors (Lipinski definition) is 11. The number of phenols is 1. The van der Waals surface area contributed by atoms with Crippen LogP contribution < -0.4 is 15.8 Å². The van der Waals surface area contributed by atoms with E-state index in [0.29, 0.717) is 42.0 Å². The number of phenolic OH excluding ortho intramolecular Hbond substituents is 1. The summed E-state index contributed by atoms with van der Waals surface area (Å²) in [7, 11) is 4.63. The Morgan fingerprint density at radius 3 is 2.55 bits per heavy atom. The lowest BCUT2D eigenvalue weighted by Gasteiger charge is -2.50. The first-order valence-corrected chi connectivity index (χ1v) is 14.1. The number of aromatic hydroxyl groups is 1. The number of likely N-dealkylation sites (N-methyl/N-ethyl adjacent to an activating group) is 1. The molecule has 5 rings (SSSR count). The van der Waals surface area contributed by atoms with Crippen LogP contribution in [0.15, 0.2) is 47.2 Å². The van der Waals surface area contributed by atoms with Gasteiger partial charge in [0, 0.05) is 36.6 Å². The molecule has 0 unspecified atom stereocenters. The van der Waals surface area contributed by atoms with Crippen molar-refractivity contribution in [2.75, 3.05) is 27.7 Å². The van der Waals surface area contributed by atoms with Crippen LogP contribution >= 0.6 is 0 Å². The van der Waals surface area contributed by atoms with E-state index in [1.165, 1.54) is 18.1 Å². The number of benzene rings is 2. The Morgan fingerprint density at radius 1 is 1.18 bits per heavy atom. The van der Waals surface area contributed by atoms with Crippen LogP contribution in [0, 0.1) is 23.2 Å². The van der Waals surface area contributed by atoms with Crippen LogP contribution in [0.3, 0.4) is 0 Å². The molecule has 12 heteroatoms. The highest BCUT2D eigenvalue weighted by Crippen LogP contribution is 2.54. The minimum atomic E-state index is -2.70. The molecule has 44 heavy (non-hydrogen) atoms. The number of fused-ring (bicyclic) bond motifs is 3. The Balaban J connectivity index is 1.67. The lowest BCUT2D eigenvalue weighted by atomic mass is 9.57. The van der Waals surface area contributed by atoms with Gasteiger partial charge >= 0.3 is 0 Å². The van der Waals surface area contributed by atoms with Gasteiger partial charge in [-0.2, -0.15) is 5.26 Å². The normalized spacial score (nSPS) is 24.5. The quantitative estimate of drug-likeness (QED) is 0.189. The van der Waals surface area contributed by atoms with E-state index in [2.05, 4.69) is 11.4 Å². The van der Waals surface area contributed by atoms with E-state index in [-0.39, 0.29) is 29.7 Å². The number of carbonyl (C=O) groups excluding carboxylic acids is 3. The molecule has 0 radical (unpaired) electrons. The van der Waals surface area contributed by atoms with Gasteiger partial charge in [0.1, 0.15) is 28.6 Å². The van der Waals surface area contributed by atoms with Crippen LogP contribution in [0.1, 0.15) is 29.5 Å². The lowest BCUT2D eigenvalue weighted by Crippen LogP contribution is -2.65. The predicted octanol–water partition coefficient (Wildman–Crippen LogP) is 1.64. The van der Waals surface area contributed by atoms with E-state index in [0.717, 1.165) is 5.56 Å². The van der Waals surface area contributed by atoms with Crippen molar-refractivity contribution in [3.63, 3.8) is 0 Å². The van der Waals surface area contributed by atoms with Crippen LogP contribution in [0.4, 0.5) is 0 Å². The second-order valence-corrected chi connectivity index (χ2v) is 11.6. The first-order valence-electron chi connectivity index (χ1n) is 14.1. The second kappa shape index (κ2) is 11.4. The fraction of sp³-hybridized carbons (Fsp3) is 0.375. The zero-order valence-electron chi connectivity index (χ0n) is 24.5. The number of nitrogens with zero attached hydrogens (tertiary/aromatic N) is 2. The minimum absolute atomic E-state index is 0.00149. The molecule has 3 aliphatic rings. The van der Waals surface area contributed by atoms with E-state index in [4.69, 9.17) is 15.7 Å². The maximum atomic E-state index is 14.1. The number of primary amides is 1. The number of aliphatic hydroxyl groups excluding tert-OH is 2. The third-order valence-electron chi connectivity index (χ3n) is 8.90. The van der Waals surface area contributed by atoms with Gasteiger partial charge in [0.05, 0.1) is 24.8 Å². The maximum absolute atomic E-state index is 14.1. The Labute approximate surface area is 253 Å². The summed E-state index contributed by atoms with van der Waals surface area (Å²) in [6, 6.07) is 9.58. The van der Waals surface area contributed by atoms with Crippen molar-refractivity contribution >= 4 is 23.2 Å². The fourth-order valence-corrected chi connectivity index (χ4v) is 6.95. The number of rotatable bonds is 8. The van der Waals surface area contributed by atoms with Crippen molar-refractivity contribution in [1.82, 2.24) is 10.2 Å². The molecule has 0 spiro atoms. The molecule has 0 aromatic heterocycles. The third kappa shape index (κ3) is 4.61. The van der Waals surface area contributed by atoms with Gasteiger partial charge in [0.15, 0.2) is 11.4 Å². The van der Waals surface area contributed by atoms with E-state index in [9.17, 15) is 34.8 Å². The van der Waals surface area contributed by atoms with E-state index < -0.39 is 58.0 Å². The summed E-state index contributed by atoms with van der Waals surface area (Å²) in [5, 5.41) is 57.3. The average molecular weight is 603 g/mol. The van der Waals surface area contributed by atoms with E-state index in [1.807, 2.05) is 12.1 Å². The van der Waals surface area contributed by atoms with Crippen LogP contribution in [0.2, 0.25) is 0 Å². The fourth-order valence-electron chi connectivity index (χ4n) is 6.95. The van der Waals surface area contributed by atoms with Gasteiger partial charge in [-0.25, -0.2) is 0 Å². The molecule has 12 nitrogen and oxygen atoms in total. The molecule has 0 heterocycles. The van der Waals surface area contributed by atoms with Gasteiger partial charge in [0.2, 0.25) is 5.78 Å². The summed E-state index contributed by atoms with van der Waals surface area (Å²) in [5.41, 5.74) is 4.35. The zero-order valence-corrected chi connectivity index (χ0v) is 24.5. The number of hydrogen-bond donors (Lipinski definition) is 6. The van der Waals surface area contributed by atoms with Crippen LogP contribution in [-0.4, -0.2) is 82.2 Å². The van der Waals surface area contributed by atoms with Crippen molar-refractivity contribution in [3.05, 3.63) is 63.9 Å². The highest BCUT2D eigenvalue weighted by molar-refractivity contribution is 6.24. The molecule has 2 aromatic rings. The first kappa shape index (κ1) is 30.7. The number of aliphatic hydroxyl groups is 3. The van der Waals surface area contributed by atoms with Crippen molar-refractivity contribution in [1.29, 1.82) is 5.26 Å². The number of methoxy groups -OCH3 is 1. The molecule has 7 N–H and O–H groups in total. The SMILES string of the molecule is COc1ccc(CNCCC#N)cc1-c1ccc(O)c2c1C[C@H]1C[C@H]3[C@H](N(C)C)C(=O)C(C(N)=O)=C(O)[C@@]3(O)C(=O)C1=C2O. The number of nitrogens with two attached hydrogens (primary N) is 1. The molecule has 230 valence electrons. The molecular formula is C32H34N4O8. The van der Waals surface area contributed by atoms with Gasteiger partial charge in [-0.15, -0.1) is 0 Å².